The van der Waals surface area contributed by atoms with Gasteiger partial charge < -0.3 is 11.1 Å². The number of amides is 1. The van der Waals surface area contributed by atoms with Crippen LogP contribution in [0, 0.1) is 12.7 Å². The van der Waals surface area contributed by atoms with Gasteiger partial charge in [0, 0.05) is 16.3 Å². The quantitative estimate of drug-likeness (QED) is 0.907. The van der Waals surface area contributed by atoms with E-state index in [0.717, 1.165) is 5.56 Å². The predicted molar refractivity (Wildman–Crippen MR) is 78.1 cm³/mol. The van der Waals surface area contributed by atoms with E-state index in [1.54, 1.807) is 36.4 Å². The molecule has 0 aliphatic carbocycles. The molecular formula is C15H14ClFN2O. The van der Waals surface area contributed by atoms with Crippen LogP contribution in [0.1, 0.15) is 17.2 Å². The van der Waals surface area contributed by atoms with Gasteiger partial charge in [-0.2, -0.15) is 0 Å². The molecule has 0 fully saturated rings. The summed E-state index contributed by atoms with van der Waals surface area (Å²) in [4.78, 5) is 11.6. The SMILES string of the molecule is Cc1ccc(F)c(C(Nc2cccc(Cl)c2)C(N)=O)c1. The fraction of sp³-hybridized carbons (Fsp3) is 0.133. The summed E-state index contributed by atoms with van der Waals surface area (Å²) in [7, 11) is 0. The molecule has 0 spiro atoms. The number of halogens is 2. The van der Waals surface area contributed by atoms with Gasteiger partial charge >= 0.3 is 0 Å². The van der Waals surface area contributed by atoms with Crippen molar-refractivity contribution in [3.8, 4) is 0 Å². The number of hydrogen-bond acceptors (Lipinski definition) is 2. The standard InChI is InChI=1S/C15H14ClFN2O/c1-9-5-6-13(17)12(7-9)14(15(18)20)19-11-4-2-3-10(16)8-11/h2-8,14,19H,1H3,(H2,18,20). The Bertz CT molecular complexity index is 646. The molecule has 3 nitrogen and oxygen atoms in total. The summed E-state index contributed by atoms with van der Waals surface area (Å²) >= 11 is 5.88. The fourth-order valence-corrected chi connectivity index (χ4v) is 2.12. The Hall–Kier alpha value is -2.07. The van der Waals surface area contributed by atoms with Crippen LogP contribution in [0.15, 0.2) is 42.5 Å². The normalized spacial score (nSPS) is 11.9. The summed E-state index contributed by atoms with van der Waals surface area (Å²) in [5.74, 6) is -1.14. The molecule has 1 unspecified atom stereocenters. The van der Waals surface area contributed by atoms with Crippen LogP contribution >= 0.6 is 11.6 Å². The van der Waals surface area contributed by atoms with Crippen LogP contribution in [0.4, 0.5) is 10.1 Å². The summed E-state index contributed by atoms with van der Waals surface area (Å²) in [5.41, 5.74) is 7.04. The Kier molecular flexibility index (Phi) is 4.25. The molecule has 0 radical (unpaired) electrons. The molecule has 104 valence electrons. The molecule has 20 heavy (non-hydrogen) atoms. The molecule has 0 saturated heterocycles. The summed E-state index contributed by atoms with van der Waals surface area (Å²) in [6.45, 7) is 1.82. The highest BCUT2D eigenvalue weighted by molar-refractivity contribution is 6.30. The van der Waals surface area contributed by atoms with Gasteiger partial charge in [0.2, 0.25) is 5.91 Å². The van der Waals surface area contributed by atoms with Gasteiger partial charge in [0.05, 0.1) is 0 Å². The molecule has 0 aliphatic heterocycles. The third-order valence-corrected chi connectivity index (χ3v) is 3.12. The molecule has 2 aromatic rings. The molecule has 1 amide bonds. The topological polar surface area (TPSA) is 55.1 Å². The first-order valence-corrected chi connectivity index (χ1v) is 6.42. The van der Waals surface area contributed by atoms with Gasteiger partial charge in [0.1, 0.15) is 11.9 Å². The van der Waals surface area contributed by atoms with Gasteiger partial charge in [0.25, 0.3) is 0 Å². The molecule has 0 aliphatic rings. The van der Waals surface area contributed by atoms with E-state index in [4.69, 9.17) is 17.3 Å². The number of benzene rings is 2. The Morgan fingerprint density at radius 1 is 1.30 bits per heavy atom. The first-order valence-electron chi connectivity index (χ1n) is 6.05. The fourth-order valence-electron chi connectivity index (χ4n) is 1.93. The summed E-state index contributed by atoms with van der Waals surface area (Å²) in [6, 6.07) is 10.4. The van der Waals surface area contributed by atoms with E-state index in [0.29, 0.717) is 10.7 Å². The minimum Gasteiger partial charge on any atom is -0.370 e. The van der Waals surface area contributed by atoms with Crippen LogP contribution in [0.3, 0.4) is 0 Å². The van der Waals surface area contributed by atoms with Crippen molar-refractivity contribution in [2.45, 2.75) is 13.0 Å². The number of hydrogen-bond donors (Lipinski definition) is 2. The largest absolute Gasteiger partial charge is 0.370 e. The minimum absolute atomic E-state index is 0.220. The second-order valence-corrected chi connectivity index (χ2v) is 4.95. The van der Waals surface area contributed by atoms with Gasteiger partial charge in [-0.3, -0.25) is 4.79 Å². The van der Waals surface area contributed by atoms with Gasteiger partial charge in [-0.15, -0.1) is 0 Å². The van der Waals surface area contributed by atoms with Crippen molar-refractivity contribution >= 4 is 23.2 Å². The highest BCUT2D eigenvalue weighted by atomic mass is 35.5. The summed E-state index contributed by atoms with van der Waals surface area (Å²) in [6.07, 6.45) is 0. The molecule has 2 aromatic carbocycles. The number of aryl methyl sites for hydroxylation is 1. The van der Waals surface area contributed by atoms with E-state index in [-0.39, 0.29) is 5.56 Å². The molecule has 5 heteroatoms. The molecule has 3 N–H and O–H groups in total. The maximum atomic E-state index is 13.9. The molecule has 1 atom stereocenters. The van der Waals surface area contributed by atoms with Crippen LogP contribution in [0.25, 0.3) is 0 Å². The Balaban J connectivity index is 2.37. The average molecular weight is 293 g/mol. The summed E-state index contributed by atoms with van der Waals surface area (Å²) in [5, 5.41) is 3.42. The van der Waals surface area contributed by atoms with Crippen molar-refractivity contribution in [1.29, 1.82) is 0 Å². The lowest BCUT2D eigenvalue weighted by Crippen LogP contribution is -2.28. The molecule has 2 rings (SSSR count). The number of carbonyl (C=O) groups is 1. The second-order valence-electron chi connectivity index (χ2n) is 4.52. The van der Waals surface area contributed by atoms with E-state index >= 15 is 0 Å². The first kappa shape index (κ1) is 14.3. The first-order chi connectivity index (χ1) is 9.47. The zero-order chi connectivity index (χ0) is 14.7. The second kappa shape index (κ2) is 5.92. The van der Waals surface area contributed by atoms with Gasteiger partial charge in [-0.1, -0.05) is 35.4 Å². The number of anilines is 1. The Morgan fingerprint density at radius 3 is 2.70 bits per heavy atom. The molecule has 0 bridgehead atoms. The predicted octanol–water partition coefficient (Wildman–Crippen LogP) is 3.43. The Labute approximate surface area is 121 Å². The maximum absolute atomic E-state index is 13.9. The zero-order valence-corrected chi connectivity index (χ0v) is 11.6. The highest BCUT2D eigenvalue weighted by Gasteiger charge is 2.21. The molecule has 0 aromatic heterocycles. The van der Waals surface area contributed by atoms with E-state index in [1.165, 1.54) is 6.07 Å². The van der Waals surface area contributed by atoms with E-state index in [1.807, 2.05) is 6.92 Å². The van der Waals surface area contributed by atoms with E-state index in [2.05, 4.69) is 5.32 Å². The lowest BCUT2D eigenvalue weighted by atomic mass is 10.0. The van der Waals surface area contributed by atoms with Crippen molar-refractivity contribution in [2.75, 3.05) is 5.32 Å². The Morgan fingerprint density at radius 2 is 2.05 bits per heavy atom. The number of nitrogens with one attached hydrogen (secondary N) is 1. The number of rotatable bonds is 4. The van der Waals surface area contributed by atoms with Crippen molar-refractivity contribution in [2.24, 2.45) is 5.73 Å². The van der Waals surface area contributed by atoms with Crippen LogP contribution in [-0.2, 0) is 4.79 Å². The van der Waals surface area contributed by atoms with E-state index < -0.39 is 17.8 Å². The van der Waals surface area contributed by atoms with Crippen molar-refractivity contribution in [3.05, 3.63) is 64.4 Å². The van der Waals surface area contributed by atoms with Crippen molar-refractivity contribution < 1.29 is 9.18 Å². The van der Waals surface area contributed by atoms with Gasteiger partial charge in [-0.05, 0) is 31.2 Å². The third-order valence-electron chi connectivity index (χ3n) is 2.88. The number of primary amides is 1. The lowest BCUT2D eigenvalue weighted by Gasteiger charge is -2.18. The van der Waals surface area contributed by atoms with Crippen LogP contribution in [0.2, 0.25) is 5.02 Å². The molecule has 0 heterocycles. The average Bonchev–Trinajstić information content (AvgIpc) is 2.39. The minimum atomic E-state index is -0.951. The lowest BCUT2D eigenvalue weighted by molar-refractivity contribution is -0.118. The monoisotopic (exact) mass is 292 g/mol. The third kappa shape index (κ3) is 3.27. The van der Waals surface area contributed by atoms with Crippen LogP contribution < -0.4 is 11.1 Å². The zero-order valence-electron chi connectivity index (χ0n) is 10.9. The van der Waals surface area contributed by atoms with Crippen LogP contribution in [-0.4, -0.2) is 5.91 Å². The molecule has 0 saturated carbocycles. The van der Waals surface area contributed by atoms with Crippen LogP contribution in [0.5, 0.6) is 0 Å². The van der Waals surface area contributed by atoms with Crippen molar-refractivity contribution in [1.82, 2.24) is 0 Å². The number of carbonyl (C=O) groups excluding carboxylic acids is 1. The number of nitrogens with two attached hydrogens (primary N) is 1. The maximum Gasteiger partial charge on any atom is 0.244 e. The van der Waals surface area contributed by atoms with Gasteiger partial charge in [-0.25, -0.2) is 4.39 Å². The van der Waals surface area contributed by atoms with E-state index in [9.17, 15) is 9.18 Å². The highest BCUT2D eigenvalue weighted by Crippen LogP contribution is 2.24. The van der Waals surface area contributed by atoms with Gasteiger partial charge in [0.15, 0.2) is 0 Å². The smallest absolute Gasteiger partial charge is 0.244 e. The summed E-state index contributed by atoms with van der Waals surface area (Å²) < 4.78 is 13.9. The molecular weight excluding hydrogens is 279 g/mol. The van der Waals surface area contributed by atoms with Crippen molar-refractivity contribution in [3.63, 3.8) is 0 Å².